The third-order valence-electron chi connectivity index (χ3n) is 4.95. The molecule has 1 aliphatic heterocycles. The highest BCUT2D eigenvalue weighted by Gasteiger charge is 2.18. The fourth-order valence-electron chi connectivity index (χ4n) is 3.45. The Bertz CT molecular complexity index is 1330. The number of carbonyl (C=O) groups excluding carboxylic acids is 1. The van der Waals surface area contributed by atoms with E-state index in [4.69, 9.17) is 20.9 Å². The molecule has 0 spiro atoms. The first kappa shape index (κ1) is 18.5. The van der Waals surface area contributed by atoms with Gasteiger partial charge >= 0.3 is 5.97 Å². The number of benzene rings is 2. The standard InChI is InChI=1S/C21H15ClN4O4/c22-14-6-3-12(4-7-14)19-24-18(30-25-19)11-29-21(28)13-5-8-15-16(10-13)23-17-2-1-9-26(17)20(15)27/h3-8,10H,1-2,9,11H2. The molecule has 4 aromatic rings. The molecule has 0 fully saturated rings. The number of esters is 1. The van der Waals surface area contributed by atoms with Crippen LogP contribution in [0.15, 0.2) is 51.8 Å². The Morgan fingerprint density at radius 1 is 1.17 bits per heavy atom. The highest BCUT2D eigenvalue weighted by molar-refractivity contribution is 6.30. The lowest BCUT2D eigenvalue weighted by atomic mass is 10.1. The maximum atomic E-state index is 12.5. The molecule has 9 heteroatoms. The van der Waals surface area contributed by atoms with Crippen molar-refractivity contribution in [3.05, 3.63) is 75.1 Å². The molecule has 1 aliphatic rings. The van der Waals surface area contributed by atoms with Crippen molar-refractivity contribution in [3.63, 3.8) is 0 Å². The van der Waals surface area contributed by atoms with E-state index < -0.39 is 5.97 Å². The fourth-order valence-corrected chi connectivity index (χ4v) is 3.58. The average molecular weight is 423 g/mol. The van der Waals surface area contributed by atoms with Crippen LogP contribution in [0.2, 0.25) is 5.02 Å². The second-order valence-corrected chi connectivity index (χ2v) is 7.35. The predicted molar refractivity (Wildman–Crippen MR) is 108 cm³/mol. The molecule has 0 N–H and O–H groups in total. The van der Waals surface area contributed by atoms with E-state index in [0.29, 0.717) is 33.9 Å². The highest BCUT2D eigenvalue weighted by atomic mass is 35.5. The summed E-state index contributed by atoms with van der Waals surface area (Å²) < 4.78 is 12.1. The van der Waals surface area contributed by atoms with Crippen molar-refractivity contribution in [3.8, 4) is 11.4 Å². The van der Waals surface area contributed by atoms with E-state index in [1.54, 1.807) is 47.0 Å². The number of nitrogens with zero attached hydrogens (tertiary/aromatic N) is 4. The van der Waals surface area contributed by atoms with E-state index in [0.717, 1.165) is 24.2 Å². The topological polar surface area (TPSA) is 100 Å². The molecule has 0 saturated carbocycles. The highest BCUT2D eigenvalue weighted by Crippen LogP contribution is 2.20. The summed E-state index contributed by atoms with van der Waals surface area (Å²) in [5.74, 6) is 0.731. The van der Waals surface area contributed by atoms with Gasteiger partial charge in [-0.25, -0.2) is 9.78 Å². The van der Waals surface area contributed by atoms with Crippen LogP contribution in [-0.2, 0) is 24.3 Å². The smallest absolute Gasteiger partial charge is 0.338 e. The minimum absolute atomic E-state index is 0.0759. The molecule has 30 heavy (non-hydrogen) atoms. The molecule has 0 radical (unpaired) electrons. The van der Waals surface area contributed by atoms with Gasteiger partial charge in [0, 0.05) is 23.6 Å². The van der Waals surface area contributed by atoms with Crippen LogP contribution in [-0.4, -0.2) is 25.7 Å². The fraction of sp³-hybridized carbons (Fsp3) is 0.190. The van der Waals surface area contributed by atoms with E-state index in [9.17, 15) is 9.59 Å². The third-order valence-corrected chi connectivity index (χ3v) is 5.20. The number of ether oxygens (including phenoxy) is 1. The molecule has 0 saturated heterocycles. The number of halogens is 1. The zero-order valence-electron chi connectivity index (χ0n) is 15.7. The number of hydrogen-bond donors (Lipinski definition) is 0. The van der Waals surface area contributed by atoms with Crippen molar-refractivity contribution < 1.29 is 14.1 Å². The second-order valence-electron chi connectivity index (χ2n) is 6.92. The lowest BCUT2D eigenvalue weighted by Gasteiger charge is -2.06. The van der Waals surface area contributed by atoms with E-state index in [1.807, 2.05) is 0 Å². The molecule has 0 atom stereocenters. The number of hydrogen-bond acceptors (Lipinski definition) is 7. The van der Waals surface area contributed by atoms with Crippen LogP contribution in [0.5, 0.6) is 0 Å². The normalized spacial score (nSPS) is 12.8. The number of rotatable bonds is 4. The van der Waals surface area contributed by atoms with Crippen molar-refractivity contribution in [2.45, 2.75) is 26.0 Å². The number of aryl methyl sites for hydroxylation is 1. The zero-order valence-corrected chi connectivity index (χ0v) is 16.4. The van der Waals surface area contributed by atoms with Crippen molar-refractivity contribution >= 4 is 28.5 Å². The van der Waals surface area contributed by atoms with Crippen molar-refractivity contribution in [1.82, 2.24) is 19.7 Å². The summed E-state index contributed by atoms with van der Waals surface area (Å²) in [4.78, 5) is 33.7. The minimum atomic E-state index is -0.564. The summed E-state index contributed by atoms with van der Waals surface area (Å²) >= 11 is 5.88. The molecule has 2 aromatic heterocycles. The number of carbonyl (C=O) groups is 1. The second kappa shape index (κ2) is 7.38. The molecule has 8 nitrogen and oxygen atoms in total. The van der Waals surface area contributed by atoms with Gasteiger partial charge < -0.3 is 9.26 Å². The lowest BCUT2D eigenvalue weighted by Crippen LogP contribution is -2.21. The molecule has 3 heterocycles. The summed E-state index contributed by atoms with van der Waals surface area (Å²) in [6, 6.07) is 11.7. The Morgan fingerprint density at radius 3 is 2.83 bits per heavy atom. The van der Waals surface area contributed by atoms with Gasteiger partial charge in [-0.05, 0) is 48.9 Å². The molecule has 0 aliphatic carbocycles. The molecule has 0 amide bonds. The monoisotopic (exact) mass is 422 g/mol. The third kappa shape index (κ3) is 3.35. The largest absolute Gasteiger partial charge is 0.452 e. The minimum Gasteiger partial charge on any atom is -0.452 e. The summed E-state index contributed by atoms with van der Waals surface area (Å²) in [6.45, 7) is 0.515. The molecule has 0 unspecified atom stereocenters. The maximum absolute atomic E-state index is 12.5. The van der Waals surface area contributed by atoms with Crippen LogP contribution in [0.4, 0.5) is 0 Å². The van der Waals surface area contributed by atoms with Crippen LogP contribution in [0.3, 0.4) is 0 Å². The molecule has 0 bridgehead atoms. The molecular formula is C21H15ClN4O4. The lowest BCUT2D eigenvalue weighted by molar-refractivity contribution is 0.0430. The van der Waals surface area contributed by atoms with Gasteiger partial charge in [0.1, 0.15) is 5.82 Å². The van der Waals surface area contributed by atoms with E-state index in [-0.39, 0.29) is 18.1 Å². The van der Waals surface area contributed by atoms with Gasteiger partial charge in [0.15, 0.2) is 6.61 Å². The SMILES string of the molecule is O=C(OCc1nc(-c2ccc(Cl)cc2)no1)c1ccc2c(=O)n3c(nc2c1)CCC3. The first-order valence-electron chi connectivity index (χ1n) is 9.37. The Morgan fingerprint density at radius 2 is 2.00 bits per heavy atom. The van der Waals surface area contributed by atoms with Gasteiger partial charge in [-0.1, -0.05) is 16.8 Å². The van der Waals surface area contributed by atoms with Crippen molar-refractivity contribution in [2.75, 3.05) is 0 Å². The first-order chi connectivity index (χ1) is 14.6. The predicted octanol–water partition coefficient (Wildman–Crippen LogP) is 3.40. The summed E-state index contributed by atoms with van der Waals surface area (Å²) in [6.07, 6.45) is 1.66. The van der Waals surface area contributed by atoms with Crippen LogP contribution in [0.1, 0.15) is 28.5 Å². The van der Waals surface area contributed by atoms with E-state index in [2.05, 4.69) is 15.1 Å². The van der Waals surface area contributed by atoms with Crippen LogP contribution >= 0.6 is 11.6 Å². The number of fused-ring (bicyclic) bond motifs is 2. The van der Waals surface area contributed by atoms with Crippen LogP contribution < -0.4 is 5.56 Å². The van der Waals surface area contributed by atoms with Crippen molar-refractivity contribution in [1.29, 1.82) is 0 Å². The van der Waals surface area contributed by atoms with Gasteiger partial charge in [-0.2, -0.15) is 4.98 Å². The zero-order chi connectivity index (χ0) is 20.7. The van der Waals surface area contributed by atoms with Crippen molar-refractivity contribution in [2.24, 2.45) is 0 Å². The Kier molecular flexibility index (Phi) is 4.55. The summed E-state index contributed by atoms with van der Waals surface area (Å²) in [5, 5.41) is 4.98. The Hall–Kier alpha value is -3.52. The molecule has 2 aromatic carbocycles. The molecule has 150 valence electrons. The first-order valence-corrected chi connectivity index (χ1v) is 9.75. The Labute approximate surface area is 175 Å². The van der Waals surface area contributed by atoms with Gasteiger partial charge in [0.25, 0.3) is 11.4 Å². The van der Waals surface area contributed by atoms with Crippen LogP contribution in [0, 0.1) is 0 Å². The summed E-state index contributed by atoms with van der Waals surface area (Å²) in [7, 11) is 0. The molecular weight excluding hydrogens is 408 g/mol. The quantitative estimate of drug-likeness (QED) is 0.464. The molecule has 5 rings (SSSR count). The summed E-state index contributed by atoms with van der Waals surface area (Å²) in [5.41, 5.74) is 1.45. The Balaban J connectivity index is 1.32. The van der Waals surface area contributed by atoms with E-state index >= 15 is 0 Å². The van der Waals surface area contributed by atoms with Gasteiger partial charge in [-0.15, -0.1) is 0 Å². The maximum Gasteiger partial charge on any atom is 0.338 e. The van der Waals surface area contributed by atoms with Gasteiger partial charge in [-0.3, -0.25) is 9.36 Å². The van der Waals surface area contributed by atoms with E-state index in [1.165, 1.54) is 0 Å². The van der Waals surface area contributed by atoms with Crippen LogP contribution in [0.25, 0.3) is 22.3 Å². The van der Waals surface area contributed by atoms with Gasteiger partial charge in [0.05, 0.1) is 16.5 Å². The van der Waals surface area contributed by atoms with Gasteiger partial charge in [0.2, 0.25) is 5.82 Å². The number of aromatic nitrogens is 4. The average Bonchev–Trinajstić information content (AvgIpc) is 3.42.